The van der Waals surface area contributed by atoms with E-state index in [1.807, 2.05) is 12.1 Å². The molecule has 0 radical (unpaired) electrons. The molecule has 5 nitrogen and oxygen atoms in total. The van der Waals surface area contributed by atoms with Gasteiger partial charge in [0.25, 0.3) is 0 Å². The van der Waals surface area contributed by atoms with E-state index in [-0.39, 0.29) is 11.6 Å². The van der Waals surface area contributed by atoms with Gasteiger partial charge in [0.05, 0.1) is 7.11 Å². The summed E-state index contributed by atoms with van der Waals surface area (Å²) >= 11 is 0. The fourth-order valence-electron chi connectivity index (χ4n) is 3.41. The third-order valence-electron chi connectivity index (χ3n) is 4.69. The number of urea groups is 1. The molecule has 1 saturated heterocycles. The van der Waals surface area contributed by atoms with Gasteiger partial charge in [0.2, 0.25) is 0 Å². The van der Waals surface area contributed by atoms with Crippen LogP contribution in [0.25, 0.3) is 0 Å². The first-order valence-corrected chi connectivity index (χ1v) is 8.67. The highest BCUT2D eigenvalue weighted by molar-refractivity contribution is 5.74. The maximum atomic E-state index is 11.9. The molecule has 0 aromatic heterocycles. The Labute approximate surface area is 145 Å². The number of hydrogen-bond acceptors (Lipinski definition) is 3. The summed E-state index contributed by atoms with van der Waals surface area (Å²) < 4.78 is 5.24. The third kappa shape index (κ3) is 5.13. The van der Waals surface area contributed by atoms with E-state index in [2.05, 4.69) is 36.6 Å². The summed E-state index contributed by atoms with van der Waals surface area (Å²) in [7, 11) is 5.23. The number of nitrogens with zero attached hydrogens (tertiary/aromatic N) is 1. The predicted molar refractivity (Wildman–Crippen MR) is 97.7 cm³/mol. The van der Waals surface area contributed by atoms with Gasteiger partial charge in [0.1, 0.15) is 5.75 Å². The van der Waals surface area contributed by atoms with Crippen LogP contribution in [0.5, 0.6) is 5.75 Å². The molecule has 0 spiro atoms. The Kier molecular flexibility index (Phi) is 6.10. The smallest absolute Gasteiger partial charge is 0.317 e. The van der Waals surface area contributed by atoms with Gasteiger partial charge in [-0.1, -0.05) is 12.1 Å². The Morgan fingerprint density at radius 3 is 2.58 bits per heavy atom. The standard InChI is InChI=1S/C19H31N3O2/c1-19(2,21-18(23)22(3)4)13-16-12-15(10-11-20-16)14-6-8-17(24-5)9-7-14/h6-9,15-16,20H,10-13H2,1-5H3,(H,21,23). The molecular formula is C19H31N3O2. The van der Waals surface area contributed by atoms with Gasteiger partial charge in [-0.05, 0) is 63.3 Å². The minimum Gasteiger partial charge on any atom is -0.497 e. The molecule has 2 amide bonds. The zero-order chi connectivity index (χ0) is 17.7. The van der Waals surface area contributed by atoms with Crippen molar-refractivity contribution in [3.63, 3.8) is 0 Å². The summed E-state index contributed by atoms with van der Waals surface area (Å²) in [6.45, 7) is 5.19. The zero-order valence-electron chi connectivity index (χ0n) is 15.6. The monoisotopic (exact) mass is 333 g/mol. The minimum atomic E-state index is -0.235. The highest BCUT2D eigenvalue weighted by atomic mass is 16.5. The lowest BCUT2D eigenvalue weighted by Crippen LogP contribution is -2.52. The lowest BCUT2D eigenvalue weighted by Gasteiger charge is -2.37. The average Bonchev–Trinajstić information content (AvgIpc) is 2.54. The van der Waals surface area contributed by atoms with E-state index < -0.39 is 0 Å². The van der Waals surface area contributed by atoms with Gasteiger partial charge < -0.3 is 20.3 Å². The highest BCUT2D eigenvalue weighted by Gasteiger charge is 2.30. The first-order valence-electron chi connectivity index (χ1n) is 8.67. The molecule has 0 aliphatic carbocycles. The number of carbonyl (C=O) groups excluding carboxylic acids is 1. The van der Waals surface area contributed by atoms with Crippen LogP contribution in [-0.2, 0) is 0 Å². The zero-order valence-corrected chi connectivity index (χ0v) is 15.6. The Morgan fingerprint density at radius 1 is 1.33 bits per heavy atom. The van der Waals surface area contributed by atoms with Gasteiger partial charge in [-0.15, -0.1) is 0 Å². The van der Waals surface area contributed by atoms with Gasteiger partial charge in [0, 0.05) is 25.7 Å². The number of amides is 2. The Morgan fingerprint density at radius 2 is 2.00 bits per heavy atom. The molecule has 1 aliphatic heterocycles. The fourth-order valence-corrected chi connectivity index (χ4v) is 3.41. The number of hydrogen-bond donors (Lipinski definition) is 2. The SMILES string of the molecule is COc1ccc(C2CCNC(CC(C)(C)NC(=O)N(C)C)C2)cc1. The molecule has 1 aromatic rings. The molecule has 0 saturated carbocycles. The second-order valence-corrected chi connectivity index (χ2v) is 7.56. The topological polar surface area (TPSA) is 53.6 Å². The van der Waals surface area contributed by atoms with Crippen molar-refractivity contribution in [1.82, 2.24) is 15.5 Å². The molecule has 1 heterocycles. The van der Waals surface area contributed by atoms with E-state index >= 15 is 0 Å². The van der Waals surface area contributed by atoms with Gasteiger partial charge >= 0.3 is 6.03 Å². The van der Waals surface area contributed by atoms with Crippen molar-refractivity contribution in [1.29, 1.82) is 0 Å². The van der Waals surface area contributed by atoms with E-state index in [9.17, 15) is 4.79 Å². The van der Waals surface area contributed by atoms with E-state index in [1.165, 1.54) is 5.56 Å². The van der Waals surface area contributed by atoms with Crippen LogP contribution < -0.4 is 15.4 Å². The Balaban J connectivity index is 1.95. The summed E-state index contributed by atoms with van der Waals surface area (Å²) in [6.07, 6.45) is 3.15. The second kappa shape index (κ2) is 7.88. The molecule has 2 unspecified atom stereocenters. The Bertz CT molecular complexity index is 540. The molecule has 1 fully saturated rings. The van der Waals surface area contributed by atoms with Crippen molar-refractivity contribution in [3.05, 3.63) is 29.8 Å². The summed E-state index contributed by atoms with van der Waals surface area (Å²) in [4.78, 5) is 13.5. The van der Waals surface area contributed by atoms with Gasteiger partial charge in [-0.25, -0.2) is 4.79 Å². The number of carbonyl (C=O) groups is 1. The fraction of sp³-hybridized carbons (Fsp3) is 0.632. The first-order chi connectivity index (χ1) is 11.3. The third-order valence-corrected chi connectivity index (χ3v) is 4.69. The van der Waals surface area contributed by atoms with Crippen molar-refractivity contribution >= 4 is 6.03 Å². The largest absolute Gasteiger partial charge is 0.497 e. The van der Waals surface area contributed by atoms with Crippen LogP contribution in [0.15, 0.2) is 24.3 Å². The van der Waals surface area contributed by atoms with Crippen LogP contribution in [0.2, 0.25) is 0 Å². The second-order valence-electron chi connectivity index (χ2n) is 7.56. The molecule has 2 rings (SSSR count). The van der Waals surface area contributed by atoms with Crippen molar-refractivity contribution in [2.24, 2.45) is 0 Å². The van der Waals surface area contributed by atoms with E-state index in [4.69, 9.17) is 4.74 Å². The van der Waals surface area contributed by atoms with E-state index in [1.54, 1.807) is 26.1 Å². The predicted octanol–water partition coefficient (Wildman–Crippen LogP) is 2.97. The molecule has 24 heavy (non-hydrogen) atoms. The number of benzene rings is 1. The maximum Gasteiger partial charge on any atom is 0.317 e. The molecular weight excluding hydrogens is 302 g/mol. The molecule has 0 bridgehead atoms. The van der Waals surface area contributed by atoms with Crippen molar-refractivity contribution < 1.29 is 9.53 Å². The van der Waals surface area contributed by atoms with Gasteiger partial charge in [-0.2, -0.15) is 0 Å². The number of methoxy groups -OCH3 is 1. The molecule has 1 aromatic carbocycles. The molecule has 5 heteroatoms. The molecule has 1 aliphatic rings. The van der Waals surface area contributed by atoms with Crippen LogP contribution in [0, 0.1) is 0 Å². The normalized spacial score (nSPS) is 21.2. The molecule has 134 valence electrons. The summed E-state index contributed by atoms with van der Waals surface area (Å²) in [6, 6.07) is 8.78. The van der Waals surface area contributed by atoms with Gasteiger partial charge in [-0.3, -0.25) is 0 Å². The van der Waals surface area contributed by atoms with Crippen LogP contribution in [0.3, 0.4) is 0 Å². The van der Waals surface area contributed by atoms with E-state index in [0.29, 0.717) is 12.0 Å². The molecule has 2 atom stereocenters. The van der Waals surface area contributed by atoms with Crippen LogP contribution in [0.4, 0.5) is 4.79 Å². The number of rotatable bonds is 5. The molecule has 2 N–H and O–H groups in total. The Hall–Kier alpha value is -1.75. The van der Waals surface area contributed by atoms with Crippen LogP contribution in [0.1, 0.15) is 44.6 Å². The highest BCUT2D eigenvalue weighted by Crippen LogP contribution is 2.31. The van der Waals surface area contributed by atoms with Crippen LogP contribution in [-0.4, -0.2) is 50.3 Å². The average molecular weight is 333 g/mol. The summed E-state index contributed by atoms with van der Waals surface area (Å²) in [5.41, 5.74) is 1.14. The summed E-state index contributed by atoms with van der Waals surface area (Å²) in [5, 5.41) is 6.71. The lowest BCUT2D eigenvalue weighted by atomic mass is 9.82. The van der Waals surface area contributed by atoms with Crippen molar-refractivity contribution in [2.75, 3.05) is 27.7 Å². The van der Waals surface area contributed by atoms with Crippen molar-refractivity contribution in [2.45, 2.75) is 50.6 Å². The van der Waals surface area contributed by atoms with Gasteiger partial charge in [0.15, 0.2) is 0 Å². The maximum absolute atomic E-state index is 11.9. The number of nitrogens with one attached hydrogen (secondary N) is 2. The van der Waals surface area contributed by atoms with Crippen molar-refractivity contribution in [3.8, 4) is 5.75 Å². The first kappa shape index (κ1) is 18.6. The number of piperidine rings is 1. The quantitative estimate of drug-likeness (QED) is 0.871. The van der Waals surface area contributed by atoms with Crippen LogP contribution >= 0.6 is 0 Å². The lowest BCUT2D eigenvalue weighted by molar-refractivity contribution is 0.197. The minimum absolute atomic E-state index is 0.0393. The number of ether oxygens (including phenoxy) is 1. The summed E-state index contributed by atoms with van der Waals surface area (Å²) in [5.74, 6) is 1.46. The van der Waals surface area contributed by atoms with E-state index in [0.717, 1.165) is 31.6 Å².